The molecule has 0 aliphatic carbocycles. The topological polar surface area (TPSA) is 26.3 Å². The highest BCUT2D eigenvalue weighted by Crippen LogP contribution is 2.17. The maximum absolute atomic E-state index is 10.4. The first-order chi connectivity index (χ1) is 6.68. The van der Waals surface area contributed by atoms with Gasteiger partial charge in [0.05, 0.1) is 6.61 Å². The molecular weight excluding hydrogens is 223 g/mol. The van der Waals surface area contributed by atoms with Crippen molar-refractivity contribution in [3.8, 4) is 5.75 Å². The van der Waals surface area contributed by atoms with Gasteiger partial charge < -0.3 is 4.74 Å². The van der Waals surface area contributed by atoms with Crippen LogP contribution >= 0.6 is 23.2 Å². The minimum Gasteiger partial charge on any atom is -0.494 e. The summed E-state index contributed by atoms with van der Waals surface area (Å²) in [4.78, 5) is 10.4. The summed E-state index contributed by atoms with van der Waals surface area (Å²) in [6.45, 7) is 0.471. The fourth-order valence-corrected chi connectivity index (χ4v) is 1.27. The molecule has 0 aromatic heterocycles. The van der Waals surface area contributed by atoms with Crippen LogP contribution in [0.2, 0.25) is 5.02 Å². The van der Waals surface area contributed by atoms with Crippen LogP contribution in [0.5, 0.6) is 5.75 Å². The lowest BCUT2D eigenvalue weighted by Crippen LogP contribution is -1.99. The van der Waals surface area contributed by atoms with Crippen molar-refractivity contribution in [1.82, 2.24) is 0 Å². The molecule has 1 aromatic rings. The summed E-state index contributed by atoms with van der Waals surface area (Å²) in [6, 6.07) is 7.12. The van der Waals surface area contributed by atoms with E-state index in [1.54, 1.807) is 12.1 Å². The summed E-state index contributed by atoms with van der Waals surface area (Å²) < 4.78 is 5.34. The molecule has 0 amide bonds. The SMILES string of the molecule is O=C(Cl)CCCOc1cccc(Cl)c1. The molecule has 0 fully saturated rings. The second-order valence-electron chi connectivity index (χ2n) is 2.76. The minimum atomic E-state index is -0.334. The van der Waals surface area contributed by atoms with E-state index in [-0.39, 0.29) is 5.24 Å². The van der Waals surface area contributed by atoms with Gasteiger partial charge in [-0.25, -0.2) is 0 Å². The number of rotatable bonds is 5. The molecule has 0 heterocycles. The fourth-order valence-electron chi connectivity index (χ4n) is 0.958. The van der Waals surface area contributed by atoms with E-state index < -0.39 is 0 Å². The van der Waals surface area contributed by atoms with E-state index in [1.807, 2.05) is 12.1 Å². The molecule has 14 heavy (non-hydrogen) atoms. The fraction of sp³-hybridized carbons (Fsp3) is 0.300. The molecular formula is C10H10Cl2O2. The highest BCUT2D eigenvalue weighted by atomic mass is 35.5. The number of halogens is 2. The molecule has 0 N–H and O–H groups in total. The van der Waals surface area contributed by atoms with Crippen molar-refractivity contribution in [2.24, 2.45) is 0 Å². The van der Waals surface area contributed by atoms with E-state index in [1.165, 1.54) is 0 Å². The maximum atomic E-state index is 10.4. The first-order valence-corrected chi connectivity index (χ1v) is 5.01. The van der Waals surface area contributed by atoms with Gasteiger partial charge >= 0.3 is 0 Å². The Kier molecular flexibility index (Phi) is 4.77. The van der Waals surface area contributed by atoms with Crippen LogP contribution < -0.4 is 4.74 Å². The Hall–Kier alpha value is -0.730. The molecule has 76 valence electrons. The van der Waals surface area contributed by atoms with E-state index in [0.717, 1.165) is 0 Å². The van der Waals surface area contributed by atoms with Crippen molar-refractivity contribution in [3.63, 3.8) is 0 Å². The van der Waals surface area contributed by atoms with Gasteiger partial charge in [0.25, 0.3) is 0 Å². The molecule has 0 spiro atoms. The average Bonchev–Trinajstić information content (AvgIpc) is 2.12. The molecule has 0 saturated carbocycles. The van der Waals surface area contributed by atoms with Gasteiger partial charge in [-0.3, -0.25) is 4.79 Å². The van der Waals surface area contributed by atoms with Crippen LogP contribution in [0, 0.1) is 0 Å². The molecule has 0 unspecified atom stereocenters. The van der Waals surface area contributed by atoms with Crippen LogP contribution in [-0.4, -0.2) is 11.8 Å². The standard InChI is InChI=1S/C10H10Cl2O2/c11-8-3-1-4-9(7-8)14-6-2-5-10(12)13/h1,3-4,7H,2,5-6H2. The van der Waals surface area contributed by atoms with E-state index in [2.05, 4.69) is 0 Å². The smallest absolute Gasteiger partial charge is 0.221 e. The Morgan fingerprint density at radius 3 is 2.86 bits per heavy atom. The monoisotopic (exact) mass is 232 g/mol. The Balaban J connectivity index is 2.28. The van der Waals surface area contributed by atoms with Crippen LogP contribution in [0.4, 0.5) is 0 Å². The Bertz CT molecular complexity index is 313. The highest BCUT2D eigenvalue weighted by molar-refractivity contribution is 6.63. The predicted octanol–water partition coefficient (Wildman–Crippen LogP) is 3.26. The van der Waals surface area contributed by atoms with Gasteiger partial charge in [-0.1, -0.05) is 17.7 Å². The summed E-state index contributed by atoms with van der Waals surface area (Å²) >= 11 is 10.9. The maximum Gasteiger partial charge on any atom is 0.221 e. The van der Waals surface area contributed by atoms with Crippen molar-refractivity contribution in [2.45, 2.75) is 12.8 Å². The Morgan fingerprint density at radius 1 is 1.43 bits per heavy atom. The molecule has 1 rings (SSSR count). The predicted molar refractivity (Wildman–Crippen MR) is 57.0 cm³/mol. The van der Waals surface area contributed by atoms with Crippen LogP contribution in [0.25, 0.3) is 0 Å². The zero-order valence-corrected chi connectivity index (χ0v) is 9.02. The zero-order valence-electron chi connectivity index (χ0n) is 7.50. The van der Waals surface area contributed by atoms with Gasteiger partial charge in [0.2, 0.25) is 5.24 Å². The molecule has 0 aliphatic heterocycles. The first-order valence-electron chi connectivity index (χ1n) is 4.25. The van der Waals surface area contributed by atoms with Crippen molar-refractivity contribution >= 4 is 28.4 Å². The highest BCUT2D eigenvalue weighted by Gasteiger charge is 1.97. The zero-order chi connectivity index (χ0) is 10.4. The van der Waals surface area contributed by atoms with E-state index in [0.29, 0.717) is 30.2 Å². The lowest BCUT2D eigenvalue weighted by atomic mass is 10.3. The number of hydrogen-bond donors (Lipinski definition) is 0. The molecule has 1 aromatic carbocycles. The van der Waals surface area contributed by atoms with Crippen LogP contribution in [0.1, 0.15) is 12.8 Å². The van der Waals surface area contributed by atoms with Crippen LogP contribution in [0.15, 0.2) is 24.3 Å². The third-order valence-electron chi connectivity index (χ3n) is 1.58. The second kappa shape index (κ2) is 5.89. The lowest BCUT2D eigenvalue weighted by Gasteiger charge is -2.04. The van der Waals surface area contributed by atoms with Crippen molar-refractivity contribution in [1.29, 1.82) is 0 Å². The lowest BCUT2D eigenvalue weighted by molar-refractivity contribution is -0.111. The summed E-state index contributed by atoms with van der Waals surface area (Å²) in [5.74, 6) is 0.708. The van der Waals surface area contributed by atoms with Crippen LogP contribution in [0.3, 0.4) is 0 Å². The number of hydrogen-bond acceptors (Lipinski definition) is 2. The number of benzene rings is 1. The van der Waals surface area contributed by atoms with Crippen molar-refractivity contribution < 1.29 is 9.53 Å². The molecule has 0 radical (unpaired) electrons. The summed E-state index contributed by atoms with van der Waals surface area (Å²) in [7, 11) is 0. The molecule has 0 bridgehead atoms. The molecule has 0 aliphatic rings. The summed E-state index contributed by atoms with van der Waals surface area (Å²) in [5, 5.41) is 0.301. The third-order valence-corrected chi connectivity index (χ3v) is 2.01. The third kappa shape index (κ3) is 4.49. The van der Waals surface area contributed by atoms with Gasteiger partial charge in [-0.15, -0.1) is 0 Å². The van der Waals surface area contributed by atoms with Gasteiger partial charge in [0.1, 0.15) is 5.75 Å². The summed E-state index contributed by atoms with van der Waals surface area (Å²) in [5.41, 5.74) is 0. The Labute approximate surface area is 92.8 Å². The van der Waals surface area contributed by atoms with Gasteiger partial charge in [0.15, 0.2) is 0 Å². The quantitative estimate of drug-likeness (QED) is 0.576. The molecule has 2 nitrogen and oxygen atoms in total. The van der Waals surface area contributed by atoms with Crippen molar-refractivity contribution in [3.05, 3.63) is 29.3 Å². The number of carbonyl (C=O) groups excluding carboxylic acids is 1. The normalized spacial score (nSPS) is 9.86. The van der Waals surface area contributed by atoms with Gasteiger partial charge in [-0.2, -0.15) is 0 Å². The van der Waals surface area contributed by atoms with Crippen molar-refractivity contribution in [2.75, 3.05) is 6.61 Å². The van der Waals surface area contributed by atoms with Gasteiger partial charge in [-0.05, 0) is 36.2 Å². The van der Waals surface area contributed by atoms with Gasteiger partial charge in [0, 0.05) is 11.4 Å². The number of ether oxygens (including phenoxy) is 1. The van der Waals surface area contributed by atoms with E-state index in [4.69, 9.17) is 27.9 Å². The summed E-state index contributed by atoms with van der Waals surface area (Å²) in [6.07, 6.45) is 0.955. The molecule has 4 heteroatoms. The average molecular weight is 233 g/mol. The Morgan fingerprint density at radius 2 is 2.21 bits per heavy atom. The minimum absolute atomic E-state index is 0.334. The second-order valence-corrected chi connectivity index (χ2v) is 3.62. The van der Waals surface area contributed by atoms with Crippen LogP contribution in [-0.2, 0) is 4.79 Å². The molecule has 0 atom stereocenters. The van der Waals surface area contributed by atoms with E-state index in [9.17, 15) is 4.79 Å². The largest absolute Gasteiger partial charge is 0.494 e. The van der Waals surface area contributed by atoms with E-state index >= 15 is 0 Å². The number of carbonyl (C=O) groups is 1. The first kappa shape index (κ1) is 11.3. The molecule has 0 saturated heterocycles.